The summed E-state index contributed by atoms with van der Waals surface area (Å²) in [4.78, 5) is 4.57. The zero-order valence-electron chi connectivity index (χ0n) is 9.95. The lowest BCUT2D eigenvalue weighted by Crippen LogP contribution is -2.24. The van der Waals surface area contributed by atoms with E-state index in [4.69, 9.17) is 11.6 Å². The molecule has 2 nitrogen and oxygen atoms in total. The molecule has 0 spiro atoms. The topological polar surface area (TPSA) is 27.8 Å². The lowest BCUT2D eigenvalue weighted by molar-refractivity contribution is 0.506. The summed E-state index contributed by atoms with van der Waals surface area (Å²) in [5.74, 6) is 1.16. The highest BCUT2D eigenvalue weighted by molar-refractivity contribution is 7.99. The number of rotatable bonds is 3. The van der Waals surface area contributed by atoms with Gasteiger partial charge < -0.3 is 10.3 Å². The Kier molecular flexibility index (Phi) is 3.64. The molecular weight excluding hydrogens is 264 g/mol. The van der Waals surface area contributed by atoms with Crippen LogP contribution in [0.3, 0.4) is 0 Å². The first-order valence-corrected chi connectivity index (χ1v) is 7.47. The summed E-state index contributed by atoms with van der Waals surface area (Å²) in [6.07, 6.45) is 3.11. The fraction of sp³-hybridized carbons (Fsp3) is 0.286. The highest BCUT2D eigenvalue weighted by Crippen LogP contribution is 2.37. The molecule has 1 unspecified atom stereocenters. The van der Waals surface area contributed by atoms with Crippen LogP contribution in [-0.2, 0) is 6.54 Å². The number of nitrogens with one attached hydrogen (secondary N) is 2. The van der Waals surface area contributed by atoms with E-state index in [1.54, 1.807) is 0 Å². The van der Waals surface area contributed by atoms with E-state index in [2.05, 4.69) is 28.5 Å². The number of benzene rings is 1. The minimum Gasteiger partial charge on any atom is -0.364 e. The van der Waals surface area contributed by atoms with Crippen LogP contribution in [0.2, 0.25) is 5.02 Å². The number of fused-ring (bicyclic) bond motifs is 1. The normalized spacial score (nSPS) is 18.6. The van der Waals surface area contributed by atoms with E-state index in [1.165, 1.54) is 16.2 Å². The van der Waals surface area contributed by atoms with Gasteiger partial charge >= 0.3 is 0 Å². The molecular formula is C14H15ClN2S. The number of H-pyrrole nitrogens is 1. The lowest BCUT2D eigenvalue weighted by Gasteiger charge is -2.26. The molecule has 1 atom stereocenters. The van der Waals surface area contributed by atoms with E-state index in [9.17, 15) is 0 Å². The third-order valence-corrected chi connectivity index (χ3v) is 4.57. The fourth-order valence-corrected chi connectivity index (χ4v) is 3.57. The maximum absolute atomic E-state index is 6.10. The van der Waals surface area contributed by atoms with Gasteiger partial charge in [-0.3, -0.25) is 0 Å². The van der Waals surface area contributed by atoms with Crippen LogP contribution in [0, 0.1) is 0 Å². The molecule has 1 aromatic heterocycles. The van der Waals surface area contributed by atoms with Crippen LogP contribution in [0.1, 0.15) is 23.7 Å². The fourth-order valence-electron chi connectivity index (χ4n) is 2.29. The Balaban J connectivity index is 1.76. The molecule has 4 heteroatoms. The van der Waals surface area contributed by atoms with E-state index in [-0.39, 0.29) is 0 Å². The van der Waals surface area contributed by atoms with Crippen molar-refractivity contribution in [1.29, 1.82) is 0 Å². The van der Waals surface area contributed by atoms with Crippen molar-refractivity contribution in [3.05, 3.63) is 52.8 Å². The van der Waals surface area contributed by atoms with Crippen molar-refractivity contribution in [2.75, 3.05) is 5.75 Å². The van der Waals surface area contributed by atoms with E-state index >= 15 is 0 Å². The monoisotopic (exact) mass is 278 g/mol. The van der Waals surface area contributed by atoms with Gasteiger partial charge in [-0.05, 0) is 48.1 Å². The van der Waals surface area contributed by atoms with E-state index in [0.717, 1.165) is 23.7 Å². The van der Waals surface area contributed by atoms with Gasteiger partial charge in [0, 0.05) is 34.4 Å². The first-order valence-electron chi connectivity index (χ1n) is 6.11. The molecule has 2 heterocycles. The number of thioether (sulfide) groups is 1. The Hall–Kier alpha value is -0.900. The standard InChI is InChI=1S/C14H15ClN2S/c15-10-3-4-14-12(8-10)13(5-7-18-14)17-9-11-2-1-6-16-11/h1-4,6,8,13,16-17H,5,7,9H2. The van der Waals surface area contributed by atoms with Crippen LogP contribution in [0.4, 0.5) is 0 Å². The van der Waals surface area contributed by atoms with Crippen LogP contribution in [-0.4, -0.2) is 10.7 Å². The molecule has 1 aliphatic heterocycles. The molecule has 18 heavy (non-hydrogen) atoms. The van der Waals surface area contributed by atoms with Gasteiger partial charge in [0.2, 0.25) is 0 Å². The first-order chi connectivity index (χ1) is 8.83. The summed E-state index contributed by atoms with van der Waals surface area (Å²) in [7, 11) is 0. The second-order valence-corrected chi connectivity index (χ2v) is 6.02. The van der Waals surface area contributed by atoms with Crippen LogP contribution in [0.15, 0.2) is 41.4 Å². The highest BCUT2D eigenvalue weighted by atomic mass is 35.5. The summed E-state index contributed by atoms with van der Waals surface area (Å²) >= 11 is 8.02. The highest BCUT2D eigenvalue weighted by Gasteiger charge is 2.20. The molecule has 3 rings (SSSR count). The summed E-state index contributed by atoms with van der Waals surface area (Å²) in [5.41, 5.74) is 2.56. The van der Waals surface area contributed by atoms with Crippen molar-refractivity contribution in [3.8, 4) is 0 Å². The smallest absolute Gasteiger partial charge is 0.0410 e. The molecule has 0 amide bonds. The Morgan fingerprint density at radius 3 is 3.17 bits per heavy atom. The molecule has 0 saturated heterocycles. The number of aromatic nitrogens is 1. The Morgan fingerprint density at radius 2 is 2.33 bits per heavy atom. The predicted molar refractivity (Wildman–Crippen MR) is 77.2 cm³/mol. The van der Waals surface area contributed by atoms with Crippen LogP contribution in [0.5, 0.6) is 0 Å². The average molecular weight is 279 g/mol. The van der Waals surface area contributed by atoms with Crippen LogP contribution >= 0.6 is 23.4 Å². The maximum Gasteiger partial charge on any atom is 0.0410 e. The van der Waals surface area contributed by atoms with E-state index in [0.29, 0.717) is 6.04 Å². The molecule has 1 aromatic carbocycles. The molecule has 2 aromatic rings. The van der Waals surface area contributed by atoms with Gasteiger partial charge in [0.1, 0.15) is 0 Å². The molecule has 0 saturated carbocycles. The van der Waals surface area contributed by atoms with Gasteiger partial charge in [0.05, 0.1) is 0 Å². The van der Waals surface area contributed by atoms with Gasteiger partial charge in [-0.1, -0.05) is 11.6 Å². The molecule has 0 aliphatic carbocycles. The van der Waals surface area contributed by atoms with Crippen molar-refractivity contribution in [2.45, 2.75) is 23.9 Å². The molecule has 94 valence electrons. The Bertz CT molecular complexity index is 525. The van der Waals surface area contributed by atoms with Crippen LogP contribution < -0.4 is 5.32 Å². The Morgan fingerprint density at radius 1 is 1.39 bits per heavy atom. The maximum atomic E-state index is 6.10. The summed E-state index contributed by atoms with van der Waals surface area (Å²) in [6.45, 7) is 0.869. The zero-order chi connectivity index (χ0) is 12.4. The zero-order valence-corrected chi connectivity index (χ0v) is 11.5. The summed E-state index contributed by atoms with van der Waals surface area (Å²) in [6, 6.07) is 10.7. The third-order valence-electron chi connectivity index (χ3n) is 3.21. The molecule has 0 fully saturated rings. The average Bonchev–Trinajstić information content (AvgIpc) is 2.89. The second-order valence-electron chi connectivity index (χ2n) is 4.45. The molecule has 2 N–H and O–H groups in total. The number of hydrogen-bond donors (Lipinski definition) is 2. The van der Waals surface area contributed by atoms with Crippen molar-refractivity contribution in [3.63, 3.8) is 0 Å². The van der Waals surface area contributed by atoms with Crippen molar-refractivity contribution >= 4 is 23.4 Å². The largest absolute Gasteiger partial charge is 0.364 e. The number of aromatic amines is 1. The quantitative estimate of drug-likeness (QED) is 0.888. The molecule has 1 aliphatic rings. The van der Waals surface area contributed by atoms with Crippen molar-refractivity contribution in [1.82, 2.24) is 10.3 Å². The van der Waals surface area contributed by atoms with Crippen molar-refractivity contribution < 1.29 is 0 Å². The summed E-state index contributed by atoms with van der Waals surface area (Å²) < 4.78 is 0. The SMILES string of the molecule is Clc1ccc2c(c1)C(NCc1ccc[nH]1)CCS2. The third kappa shape index (κ3) is 2.58. The van der Waals surface area contributed by atoms with E-state index in [1.807, 2.05) is 30.1 Å². The minimum atomic E-state index is 0.406. The lowest BCUT2D eigenvalue weighted by atomic mass is 10.0. The first kappa shape index (κ1) is 12.2. The second kappa shape index (κ2) is 5.39. The predicted octanol–water partition coefficient (Wildman–Crippen LogP) is 3.99. The van der Waals surface area contributed by atoms with Gasteiger partial charge in [-0.15, -0.1) is 11.8 Å². The van der Waals surface area contributed by atoms with Gasteiger partial charge in [-0.25, -0.2) is 0 Å². The molecule has 0 bridgehead atoms. The Labute approximate surface area is 116 Å². The van der Waals surface area contributed by atoms with E-state index < -0.39 is 0 Å². The number of hydrogen-bond acceptors (Lipinski definition) is 2. The minimum absolute atomic E-state index is 0.406. The number of halogens is 1. The summed E-state index contributed by atoms with van der Waals surface area (Å²) in [5, 5.41) is 4.43. The molecule has 0 radical (unpaired) electrons. The van der Waals surface area contributed by atoms with Gasteiger partial charge in [0.25, 0.3) is 0 Å². The van der Waals surface area contributed by atoms with Gasteiger partial charge in [-0.2, -0.15) is 0 Å². The van der Waals surface area contributed by atoms with Crippen molar-refractivity contribution in [2.24, 2.45) is 0 Å². The van der Waals surface area contributed by atoms with Crippen LogP contribution in [0.25, 0.3) is 0 Å². The van der Waals surface area contributed by atoms with Gasteiger partial charge in [0.15, 0.2) is 0 Å².